The highest BCUT2D eigenvalue weighted by Crippen LogP contribution is 2.29. The summed E-state index contributed by atoms with van der Waals surface area (Å²) < 4.78 is 10.4. The van der Waals surface area contributed by atoms with E-state index in [1.165, 1.54) is 0 Å². The number of benzene rings is 1. The number of carbonyl (C=O) groups is 1. The highest BCUT2D eigenvalue weighted by Gasteiger charge is 2.39. The Hall–Kier alpha value is -2.01. The molecule has 0 bridgehead atoms. The molecule has 1 atom stereocenters. The zero-order valence-corrected chi connectivity index (χ0v) is 13.6. The molecule has 0 fully saturated rings. The van der Waals surface area contributed by atoms with E-state index >= 15 is 0 Å². The van der Waals surface area contributed by atoms with Gasteiger partial charge in [0.1, 0.15) is 11.3 Å². The molecule has 0 amide bonds. The maximum Gasteiger partial charge on any atom is 0.326 e. The number of aromatic amines is 1. The van der Waals surface area contributed by atoms with Crippen LogP contribution >= 0.6 is 0 Å². The van der Waals surface area contributed by atoms with Gasteiger partial charge in [-0.2, -0.15) is 0 Å². The van der Waals surface area contributed by atoms with Gasteiger partial charge in [0.05, 0.1) is 13.7 Å². The number of ether oxygens (including phenoxy) is 2. The minimum absolute atomic E-state index is 0.0397. The van der Waals surface area contributed by atoms with Crippen LogP contribution in [0.15, 0.2) is 24.4 Å². The second kappa shape index (κ2) is 6.40. The number of nitrogens with one attached hydrogen (secondary N) is 1. The van der Waals surface area contributed by atoms with Gasteiger partial charge in [0, 0.05) is 23.5 Å². The standard InChI is InChI=1S/C17H24N2O3/c1-5-22-16(20)17(18,11(2)3)9-12-10-19-15-7-6-13(21-4)8-14(12)15/h6-8,10-11,19H,5,9,18H2,1-4H3. The van der Waals surface area contributed by atoms with E-state index in [-0.39, 0.29) is 11.9 Å². The van der Waals surface area contributed by atoms with Gasteiger partial charge in [-0.3, -0.25) is 4.79 Å². The third-order valence-corrected chi connectivity index (χ3v) is 4.14. The normalized spacial score (nSPS) is 14.1. The quantitative estimate of drug-likeness (QED) is 0.804. The fourth-order valence-electron chi connectivity index (χ4n) is 2.52. The van der Waals surface area contributed by atoms with Crippen LogP contribution in [-0.2, 0) is 16.0 Å². The number of rotatable bonds is 6. The Morgan fingerprint density at radius 2 is 2.14 bits per heavy atom. The van der Waals surface area contributed by atoms with Crippen molar-refractivity contribution in [2.24, 2.45) is 11.7 Å². The summed E-state index contributed by atoms with van der Waals surface area (Å²) in [5.74, 6) is 0.376. The van der Waals surface area contributed by atoms with Crippen molar-refractivity contribution in [3.63, 3.8) is 0 Å². The van der Waals surface area contributed by atoms with Crippen LogP contribution < -0.4 is 10.5 Å². The number of hydrogen-bond donors (Lipinski definition) is 2. The largest absolute Gasteiger partial charge is 0.497 e. The van der Waals surface area contributed by atoms with Crippen LogP contribution in [-0.4, -0.2) is 30.2 Å². The molecule has 0 saturated carbocycles. The van der Waals surface area contributed by atoms with Gasteiger partial charge in [-0.1, -0.05) is 13.8 Å². The molecule has 1 aromatic carbocycles. The van der Waals surface area contributed by atoms with E-state index in [2.05, 4.69) is 4.98 Å². The van der Waals surface area contributed by atoms with Crippen molar-refractivity contribution in [2.45, 2.75) is 32.7 Å². The Morgan fingerprint density at radius 1 is 1.41 bits per heavy atom. The summed E-state index contributed by atoms with van der Waals surface area (Å²) >= 11 is 0. The van der Waals surface area contributed by atoms with Crippen LogP contribution in [0.2, 0.25) is 0 Å². The Bertz CT molecular complexity index is 663. The van der Waals surface area contributed by atoms with Crippen molar-refractivity contribution in [1.82, 2.24) is 4.98 Å². The molecule has 2 aromatic rings. The second-order valence-electron chi connectivity index (χ2n) is 5.82. The van der Waals surface area contributed by atoms with Crippen molar-refractivity contribution < 1.29 is 14.3 Å². The Labute approximate surface area is 130 Å². The maximum absolute atomic E-state index is 12.3. The van der Waals surface area contributed by atoms with Gasteiger partial charge in [0.25, 0.3) is 0 Å². The molecule has 0 aliphatic heterocycles. The predicted molar refractivity (Wildman–Crippen MR) is 86.9 cm³/mol. The van der Waals surface area contributed by atoms with Gasteiger partial charge < -0.3 is 20.2 Å². The number of nitrogens with two attached hydrogens (primary N) is 1. The molecule has 0 aliphatic rings. The fourth-order valence-corrected chi connectivity index (χ4v) is 2.52. The first kappa shape index (κ1) is 16.4. The van der Waals surface area contributed by atoms with E-state index in [1.54, 1.807) is 14.0 Å². The first-order valence-electron chi connectivity index (χ1n) is 7.52. The topological polar surface area (TPSA) is 77.3 Å². The van der Waals surface area contributed by atoms with Gasteiger partial charge in [-0.15, -0.1) is 0 Å². The van der Waals surface area contributed by atoms with E-state index in [4.69, 9.17) is 15.2 Å². The number of aromatic nitrogens is 1. The molecule has 0 aliphatic carbocycles. The van der Waals surface area contributed by atoms with Crippen molar-refractivity contribution in [2.75, 3.05) is 13.7 Å². The van der Waals surface area contributed by atoms with Crippen LogP contribution in [0.5, 0.6) is 5.75 Å². The number of methoxy groups -OCH3 is 1. The van der Waals surface area contributed by atoms with Gasteiger partial charge in [0.2, 0.25) is 0 Å². The monoisotopic (exact) mass is 304 g/mol. The first-order valence-corrected chi connectivity index (χ1v) is 7.52. The van der Waals surface area contributed by atoms with E-state index in [1.807, 2.05) is 38.2 Å². The predicted octanol–water partition coefficient (Wildman–Crippen LogP) is 2.64. The molecule has 1 unspecified atom stereocenters. The lowest BCUT2D eigenvalue weighted by Gasteiger charge is -2.30. The fraction of sp³-hybridized carbons (Fsp3) is 0.471. The molecule has 5 nitrogen and oxygen atoms in total. The zero-order chi connectivity index (χ0) is 16.3. The first-order chi connectivity index (χ1) is 10.4. The lowest BCUT2D eigenvalue weighted by Crippen LogP contribution is -2.55. The SMILES string of the molecule is CCOC(=O)C(N)(Cc1c[nH]c2ccc(OC)cc12)C(C)C. The molecule has 5 heteroatoms. The molecule has 120 valence electrons. The van der Waals surface area contributed by atoms with Crippen molar-refractivity contribution in [3.05, 3.63) is 30.0 Å². The van der Waals surface area contributed by atoms with E-state index in [0.29, 0.717) is 13.0 Å². The van der Waals surface area contributed by atoms with Crippen LogP contribution in [0, 0.1) is 5.92 Å². The highest BCUT2D eigenvalue weighted by molar-refractivity contribution is 5.87. The molecule has 0 saturated heterocycles. The van der Waals surface area contributed by atoms with Crippen molar-refractivity contribution in [1.29, 1.82) is 0 Å². The summed E-state index contributed by atoms with van der Waals surface area (Å²) in [6.07, 6.45) is 2.31. The number of H-pyrrole nitrogens is 1. The van der Waals surface area contributed by atoms with Crippen molar-refractivity contribution >= 4 is 16.9 Å². The van der Waals surface area contributed by atoms with Crippen LogP contribution in [0.25, 0.3) is 10.9 Å². The summed E-state index contributed by atoms with van der Waals surface area (Å²) in [5, 5.41) is 1.01. The molecular weight excluding hydrogens is 280 g/mol. The lowest BCUT2D eigenvalue weighted by molar-refractivity contribution is -0.151. The highest BCUT2D eigenvalue weighted by atomic mass is 16.5. The number of fused-ring (bicyclic) bond motifs is 1. The summed E-state index contributed by atoms with van der Waals surface area (Å²) in [6.45, 7) is 5.99. The summed E-state index contributed by atoms with van der Waals surface area (Å²) in [4.78, 5) is 15.5. The summed E-state index contributed by atoms with van der Waals surface area (Å²) in [5.41, 5.74) is 7.33. The average Bonchev–Trinajstić information content (AvgIpc) is 2.89. The number of carbonyl (C=O) groups excluding carboxylic acids is 1. The van der Waals surface area contributed by atoms with Gasteiger partial charge in [-0.25, -0.2) is 0 Å². The summed E-state index contributed by atoms with van der Waals surface area (Å²) in [6, 6.07) is 5.80. The third kappa shape index (κ3) is 2.95. The lowest BCUT2D eigenvalue weighted by atomic mass is 9.81. The number of hydrogen-bond acceptors (Lipinski definition) is 4. The van der Waals surface area contributed by atoms with Gasteiger partial charge >= 0.3 is 5.97 Å². The molecular formula is C17H24N2O3. The molecule has 2 rings (SSSR count). The molecule has 0 spiro atoms. The van der Waals surface area contributed by atoms with Crippen LogP contribution in [0.1, 0.15) is 26.3 Å². The van der Waals surface area contributed by atoms with E-state index < -0.39 is 5.54 Å². The Balaban J connectivity index is 2.40. The van der Waals surface area contributed by atoms with Gasteiger partial charge in [-0.05, 0) is 36.6 Å². The van der Waals surface area contributed by atoms with Crippen LogP contribution in [0.4, 0.5) is 0 Å². The average molecular weight is 304 g/mol. The summed E-state index contributed by atoms with van der Waals surface area (Å²) in [7, 11) is 1.63. The number of esters is 1. The smallest absolute Gasteiger partial charge is 0.326 e. The molecule has 3 N–H and O–H groups in total. The van der Waals surface area contributed by atoms with E-state index in [9.17, 15) is 4.79 Å². The van der Waals surface area contributed by atoms with E-state index in [0.717, 1.165) is 22.2 Å². The minimum Gasteiger partial charge on any atom is -0.497 e. The van der Waals surface area contributed by atoms with Crippen LogP contribution in [0.3, 0.4) is 0 Å². The molecule has 0 radical (unpaired) electrons. The zero-order valence-electron chi connectivity index (χ0n) is 13.6. The maximum atomic E-state index is 12.3. The molecule has 1 aromatic heterocycles. The van der Waals surface area contributed by atoms with Crippen molar-refractivity contribution in [3.8, 4) is 5.75 Å². The Kier molecular flexibility index (Phi) is 4.76. The minimum atomic E-state index is -1.05. The molecule has 1 heterocycles. The second-order valence-corrected chi connectivity index (χ2v) is 5.82. The van der Waals surface area contributed by atoms with Gasteiger partial charge in [0.15, 0.2) is 0 Å². The third-order valence-electron chi connectivity index (χ3n) is 4.14. The molecule has 22 heavy (non-hydrogen) atoms. The Morgan fingerprint density at radius 3 is 2.73 bits per heavy atom.